The van der Waals surface area contributed by atoms with Gasteiger partial charge in [0.25, 0.3) is 0 Å². The fourth-order valence-corrected chi connectivity index (χ4v) is 2.26. The van der Waals surface area contributed by atoms with E-state index in [1.165, 1.54) is 6.42 Å². The predicted octanol–water partition coefficient (Wildman–Crippen LogP) is 3.69. The Morgan fingerprint density at radius 2 is 2.06 bits per heavy atom. The fraction of sp³-hybridized carbons (Fsp3) is 0.385. The van der Waals surface area contributed by atoms with Crippen LogP contribution in [0.4, 0.5) is 0 Å². The van der Waals surface area contributed by atoms with E-state index in [2.05, 4.69) is 17.1 Å². The van der Waals surface area contributed by atoms with E-state index in [1.807, 2.05) is 43.0 Å². The largest absolute Gasteiger partial charge is 0.420 e. The molecule has 0 aliphatic heterocycles. The van der Waals surface area contributed by atoms with Crippen LogP contribution in [0.15, 0.2) is 28.7 Å². The SMILES string of the molecule is CCCSCc1nnc(-c2ccccc2C)o1. The van der Waals surface area contributed by atoms with Crippen LogP contribution in [0.1, 0.15) is 24.8 Å². The first kappa shape index (κ1) is 12.2. The average Bonchev–Trinajstić information content (AvgIpc) is 2.79. The molecule has 90 valence electrons. The number of nitrogens with zero attached hydrogens (tertiary/aromatic N) is 2. The van der Waals surface area contributed by atoms with E-state index in [1.54, 1.807) is 0 Å². The van der Waals surface area contributed by atoms with Crippen molar-refractivity contribution in [1.82, 2.24) is 10.2 Å². The van der Waals surface area contributed by atoms with Crippen LogP contribution in [0.25, 0.3) is 11.5 Å². The Balaban J connectivity index is 2.10. The molecule has 0 bridgehead atoms. The van der Waals surface area contributed by atoms with E-state index in [9.17, 15) is 0 Å². The van der Waals surface area contributed by atoms with Crippen molar-refractivity contribution in [3.8, 4) is 11.5 Å². The van der Waals surface area contributed by atoms with Crippen LogP contribution in [-0.2, 0) is 5.75 Å². The van der Waals surface area contributed by atoms with Crippen molar-refractivity contribution < 1.29 is 4.42 Å². The third kappa shape index (κ3) is 3.09. The van der Waals surface area contributed by atoms with Gasteiger partial charge >= 0.3 is 0 Å². The van der Waals surface area contributed by atoms with Crippen molar-refractivity contribution in [2.24, 2.45) is 0 Å². The summed E-state index contributed by atoms with van der Waals surface area (Å²) in [7, 11) is 0. The Morgan fingerprint density at radius 3 is 2.82 bits per heavy atom. The van der Waals surface area contributed by atoms with E-state index in [0.29, 0.717) is 11.8 Å². The Labute approximate surface area is 106 Å². The number of rotatable bonds is 5. The van der Waals surface area contributed by atoms with Crippen LogP contribution in [0.5, 0.6) is 0 Å². The summed E-state index contributed by atoms with van der Waals surface area (Å²) in [5, 5.41) is 8.16. The van der Waals surface area contributed by atoms with Gasteiger partial charge in [-0.2, -0.15) is 11.8 Å². The number of aromatic nitrogens is 2. The molecule has 4 heteroatoms. The van der Waals surface area contributed by atoms with Gasteiger partial charge in [0.05, 0.1) is 5.75 Å². The fourth-order valence-electron chi connectivity index (χ4n) is 1.54. The molecule has 0 atom stereocenters. The van der Waals surface area contributed by atoms with Crippen LogP contribution in [0.3, 0.4) is 0 Å². The number of benzene rings is 1. The van der Waals surface area contributed by atoms with Crippen molar-refractivity contribution in [3.05, 3.63) is 35.7 Å². The molecule has 3 nitrogen and oxygen atoms in total. The van der Waals surface area contributed by atoms with Gasteiger partial charge in [0.15, 0.2) is 0 Å². The van der Waals surface area contributed by atoms with Crippen LogP contribution in [-0.4, -0.2) is 16.0 Å². The molecular weight excluding hydrogens is 232 g/mol. The van der Waals surface area contributed by atoms with Gasteiger partial charge in [0.1, 0.15) is 0 Å². The molecule has 0 saturated carbocycles. The minimum absolute atomic E-state index is 0.621. The maximum Gasteiger partial charge on any atom is 0.248 e. The molecular formula is C13H16N2OS. The average molecular weight is 248 g/mol. The Kier molecular flexibility index (Phi) is 4.20. The van der Waals surface area contributed by atoms with Gasteiger partial charge in [0, 0.05) is 5.56 Å². The van der Waals surface area contributed by atoms with Gasteiger partial charge in [-0.3, -0.25) is 0 Å². The molecule has 0 fully saturated rings. The van der Waals surface area contributed by atoms with Crippen molar-refractivity contribution >= 4 is 11.8 Å². The second kappa shape index (κ2) is 5.87. The minimum Gasteiger partial charge on any atom is -0.420 e. The molecule has 0 saturated heterocycles. The summed E-state index contributed by atoms with van der Waals surface area (Å²) in [5.74, 6) is 3.26. The lowest BCUT2D eigenvalue weighted by atomic mass is 10.1. The minimum atomic E-state index is 0.621. The summed E-state index contributed by atoms with van der Waals surface area (Å²) >= 11 is 1.82. The first-order chi connectivity index (χ1) is 8.31. The highest BCUT2D eigenvalue weighted by molar-refractivity contribution is 7.98. The molecule has 17 heavy (non-hydrogen) atoms. The molecule has 1 aromatic heterocycles. The molecule has 2 aromatic rings. The molecule has 1 heterocycles. The van der Waals surface area contributed by atoms with Gasteiger partial charge in [-0.05, 0) is 30.7 Å². The highest BCUT2D eigenvalue weighted by Gasteiger charge is 2.09. The van der Waals surface area contributed by atoms with Crippen molar-refractivity contribution in [2.45, 2.75) is 26.0 Å². The van der Waals surface area contributed by atoms with Crippen LogP contribution < -0.4 is 0 Å². The molecule has 0 aliphatic rings. The second-order valence-electron chi connectivity index (χ2n) is 3.87. The lowest BCUT2D eigenvalue weighted by molar-refractivity contribution is 0.528. The monoisotopic (exact) mass is 248 g/mol. The zero-order chi connectivity index (χ0) is 12.1. The topological polar surface area (TPSA) is 38.9 Å². The van der Waals surface area contributed by atoms with Crippen LogP contribution in [0.2, 0.25) is 0 Å². The van der Waals surface area contributed by atoms with E-state index >= 15 is 0 Å². The summed E-state index contributed by atoms with van der Waals surface area (Å²) in [5.41, 5.74) is 2.18. The van der Waals surface area contributed by atoms with E-state index in [0.717, 1.165) is 22.6 Å². The number of hydrogen-bond donors (Lipinski definition) is 0. The van der Waals surface area contributed by atoms with Crippen LogP contribution >= 0.6 is 11.8 Å². The molecule has 1 aromatic carbocycles. The Morgan fingerprint density at radius 1 is 1.24 bits per heavy atom. The van der Waals surface area contributed by atoms with Crippen LogP contribution in [0, 0.1) is 6.92 Å². The number of thioether (sulfide) groups is 1. The van der Waals surface area contributed by atoms with Gasteiger partial charge < -0.3 is 4.42 Å². The van der Waals surface area contributed by atoms with Gasteiger partial charge in [-0.1, -0.05) is 25.1 Å². The summed E-state index contributed by atoms with van der Waals surface area (Å²) in [6.45, 7) is 4.21. The predicted molar refractivity (Wildman–Crippen MR) is 70.9 cm³/mol. The van der Waals surface area contributed by atoms with E-state index in [-0.39, 0.29) is 0 Å². The smallest absolute Gasteiger partial charge is 0.248 e. The van der Waals surface area contributed by atoms with Gasteiger partial charge in [0.2, 0.25) is 11.8 Å². The molecule has 0 unspecified atom stereocenters. The molecule has 0 aliphatic carbocycles. The standard InChI is InChI=1S/C13H16N2OS/c1-3-8-17-9-12-14-15-13(16-12)11-7-5-4-6-10(11)2/h4-7H,3,8-9H2,1-2H3. The summed E-state index contributed by atoms with van der Waals surface area (Å²) in [6.07, 6.45) is 1.17. The lowest BCUT2D eigenvalue weighted by Gasteiger charge is -1.98. The van der Waals surface area contributed by atoms with Crippen molar-refractivity contribution in [2.75, 3.05) is 5.75 Å². The molecule has 0 radical (unpaired) electrons. The number of hydrogen-bond acceptors (Lipinski definition) is 4. The summed E-state index contributed by atoms with van der Waals surface area (Å²) < 4.78 is 5.65. The first-order valence-electron chi connectivity index (χ1n) is 5.77. The maximum absolute atomic E-state index is 5.65. The van der Waals surface area contributed by atoms with Gasteiger partial charge in [-0.15, -0.1) is 10.2 Å². The number of aryl methyl sites for hydroxylation is 1. The zero-order valence-corrected chi connectivity index (χ0v) is 11.0. The summed E-state index contributed by atoms with van der Waals surface area (Å²) in [4.78, 5) is 0. The molecule has 0 spiro atoms. The summed E-state index contributed by atoms with van der Waals surface area (Å²) in [6, 6.07) is 8.04. The van der Waals surface area contributed by atoms with Crippen molar-refractivity contribution in [1.29, 1.82) is 0 Å². The quantitative estimate of drug-likeness (QED) is 0.756. The molecule has 2 rings (SSSR count). The maximum atomic E-state index is 5.65. The third-order valence-electron chi connectivity index (χ3n) is 2.42. The van der Waals surface area contributed by atoms with Crippen molar-refractivity contribution in [3.63, 3.8) is 0 Å². The van der Waals surface area contributed by atoms with Gasteiger partial charge in [-0.25, -0.2) is 0 Å². The normalized spacial score (nSPS) is 10.7. The highest BCUT2D eigenvalue weighted by atomic mass is 32.2. The second-order valence-corrected chi connectivity index (χ2v) is 4.97. The zero-order valence-electron chi connectivity index (χ0n) is 10.1. The lowest BCUT2D eigenvalue weighted by Crippen LogP contribution is -1.81. The molecule has 0 amide bonds. The third-order valence-corrected chi connectivity index (χ3v) is 3.56. The van der Waals surface area contributed by atoms with E-state index in [4.69, 9.17) is 4.42 Å². The molecule has 0 N–H and O–H groups in total. The highest BCUT2D eigenvalue weighted by Crippen LogP contribution is 2.22. The van der Waals surface area contributed by atoms with E-state index < -0.39 is 0 Å². The first-order valence-corrected chi connectivity index (χ1v) is 6.93. The Bertz CT molecular complexity index is 482. The Hall–Kier alpha value is -1.29.